The average molecular weight is 144 g/mol. The quantitative estimate of drug-likeness (QED) is 0.533. The van der Waals surface area contributed by atoms with Gasteiger partial charge in [-0.25, -0.2) is 0 Å². The molecule has 0 unspecified atom stereocenters. The molecule has 1 fully saturated rings. The summed E-state index contributed by atoms with van der Waals surface area (Å²) in [6.07, 6.45) is 0. The van der Waals surface area contributed by atoms with Gasteiger partial charge in [-0.3, -0.25) is 0 Å². The van der Waals surface area contributed by atoms with Crippen molar-refractivity contribution in [1.29, 1.82) is 0 Å². The number of hydroxylamine groups is 2. The lowest BCUT2D eigenvalue weighted by atomic mass is 10.1. The van der Waals surface area contributed by atoms with Crippen LogP contribution in [0.5, 0.6) is 0 Å². The van der Waals surface area contributed by atoms with E-state index in [1.54, 1.807) is 0 Å². The molecule has 60 valence electrons. The fourth-order valence-corrected chi connectivity index (χ4v) is 1.58. The Labute approximate surface area is 62.2 Å². The molecule has 0 aromatic carbocycles. The third-order valence-corrected chi connectivity index (χ3v) is 2.05. The third kappa shape index (κ3) is 1.48. The molecule has 3 heteroatoms. The maximum atomic E-state index is 9.37. The van der Waals surface area contributed by atoms with Crippen LogP contribution in [0.1, 0.15) is 13.8 Å². The van der Waals surface area contributed by atoms with Gasteiger partial charge in [-0.2, -0.15) is 5.06 Å². The Balaban J connectivity index is 2.49. The lowest BCUT2D eigenvalue weighted by Gasteiger charge is -2.38. The second-order valence-corrected chi connectivity index (χ2v) is 3.30. The van der Waals surface area contributed by atoms with Crippen molar-refractivity contribution in [3.05, 3.63) is 0 Å². The molecule has 1 aliphatic rings. The number of nitrogens with zero attached hydrogens (tertiary/aromatic N) is 2. The first-order valence-corrected chi connectivity index (χ1v) is 3.77. The van der Waals surface area contributed by atoms with Gasteiger partial charge in [-0.15, -0.1) is 0 Å². The minimum Gasteiger partial charge on any atom is -0.313 e. The summed E-state index contributed by atoms with van der Waals surface area (Å²) in [5.41, 5.74) is 0. The van der Waals surface area contributed by atoms with Crippen LogP contribution >= 0.6 is 0 Å². The first-order chi connectivity index (χ1) is 4.61. The standard InChI is InChI=1S/C7H16N2O/c1-6-4-8(3)5-7(2)9(6)10/h6-7,10H,4-5H2,1-3H3/t6-,7-/m0/s1. The van der Waals surface area contributed by atoms with E-state index in [0.29, 0.717) is 0 Å². The fraction of sp³-hybridized carbons (Fsp3) is 1.00. The molecule has 0 saturated carbocycles. The molecule has 0 aromatic heterocycles. The van der Waals surface area contributed by atoms with E-state index in [4.69, 9.17) is 0 Å². The van der Waals surface area contributed by atoms with Gasteiger partial charge >= 0.3 is 0 Å². The first-order valence-electron chi connectivity index (χ1n) is 3.77. The molecule has 10 heavy (non-hydrogen) atoms. The van der Waals surface area contributed by atoms with Gasteiger partial charge in [0.2, 0.25) is 0 Å². The lowest BCUT2D eigenvalue weighted by molar-refractivity contribution is -0.178. The van der Waals surface area contributed by atoms with Crippen LogP contribution in [-0.4, -0.2) is 47.4 Å². The molecule has 0 bridgehead atoms. The lowest BCUT2D eigenvalue weighted by Crippen LogP contribution is -2.53. The molecular weight excluding hydrogens is 128 g/mol. The second kappa shape index (κ2) is 2.86. The minimum atomic E-state index is 0.272. The molecule has 0 radical (unpaired) electrons. The molecule has 1 N–H and O–H groups in total. The molecule has 0 spiro atoms. The maximum Gasteiger partial charge on any atom is 0.0452 e. The Hall–Kier alpha value is -0.120. The van der Waals surface area contributed by atoms with E-state index >= 15 is 0 Å². The monoisotopic (exact) mass is 144 g/mol. The Morgan fingerprint density at radius 2 is 1.60 bits per heavy atom. The highest BCUT2D eigenvalue weighted by Crippen LogP contribution is 2.10. The molecule has 2 atom stereocenters. The van der Waals surface area contributed by atoms with Crippen LogP contribution < -0.4 is 0 Å². The highest BCUT2D eigenvalue weighted by molar-refractivity contribution is 4.77. The van der Waals surface area contributed by atoms with Gasteiger partial charge in [-0.05, 0) is 20.9 Å². The van der Waals surface area contributed by atoms with Crippen molar-refractivity contribution >= 4 is 0 Å². The van der Waals surface area contributed by atoms with Crippen LogP contribution in [0.3, 0.4) is 0 Å². The van der Waals surface area contributed by atoms with Crippen molar-refractivity contribution in [2.24, 2.45) is 0 Å². The number of hydrogen-bond acceptors (Lipinski definition) is 3. The van der Waals surface area contributed by atoms with E-state index in [-0.39, 0.29) is 12.1 Å². The number of hydrogen-bond donors (Lipinski definition) is 1. The van der Waals surface area contributed by atoms with Crippen LogP contribution in [0.4, 0.5) is 0 Å². The van der Waals surface area contributed by atoms with Crippen molar-refractivity contribution in [1.82, 2.24) is 9.96 Å². The van der Waals surface area contributed by atoms with Crippen LogP contribution in [-0.2, 0) is 0 Å². The summed E-state index contributed by atoms with van der Waals surface area (Å²) in [6, 6.07) is 0.544. The highest BCUT2D eigenvalue weighted by Gasteiger charge is 2.25. The molecular formula is C7H16N2O. The van der Waals surface area contributed by atoms with Crippen LogP contribution in [0, 0.1) is 0 Å². The summed E-state index contributed by atoms with van der Waals surface area (Å²) in [5.74, 6) is 0. The molecule has 3 nitrogen and oxygen atoms in total. The third-order valence-electron chi connectivity index (χ3n) is 2.05. The van der Waals surface area contributed by atoms with Gasteiger partial charge in [0.1, 0.15) is 0 Å². The summed E-state index contributed by atoms with van der Waals surface area (Å²) < 4.78 is 0. The van der Waals surface area contributed by atoms with E-state index in [2.05, 4.69) is 11.9 Å². The van der Waals surface area contributed by atoms with Crippen LogP contribution in [0.25, 0.3) is 0 Å². The smallest absolute Gasteiger partial charge is 0.0452 e. The molecule has 1 saturated heterocycles. The molecule has 0 aliphatic carbocycles. The number of likely N-dealkylation sites (N-methyl/N-ethyl adjacent to an activating group) is 1. The summed E-state index contributed by atoms with van der Waals surface area (Å²) in [4.78, 5) is 2.24. The average Bonchev–Trinajstić information content (AvgIpc) is 1.82. The fourth-order valence-electron chi connectivity index (χ4n) is 1.58. The largest absolute Gasteiger partial charge is 0.313 e. The Morgan fingerprint density at radius 1 is 1.20 bits per heavy atom. The minimum absolute atomic E-state index is 0.272. The van der Waals surface area contributed by atoms with Gasteiger partial charge in [0.15, 0.2) is 0 Å². The van der Waals surface area contributed by atoms with Crippen molar-refractivity contribution in [3.63, 3.8) is 0 Å². The normalized spacial score (nSPS) is 38.4. The van der Waals surface area contributed by atoms with Gasteiger partial charge < -0.3 is 10.1 Å². The SMILES string of the molecule is C[C@H]1CN(C)C[C@H](C)N1O. The van der Waals surface area contributed by atoms with Crippen LogP contribution in [0.15, 0.2) is 0 Å². The second-order valence-electron chi connectivity index (χ2n) is 3.30. The Morgan fingerprint density at radius 3 is 2.00 bits per heavy atom. The first kappa shape index (κ1) is 7.98. The van der Waals surface area contributed by atoms with Gasteiger partial charge in [0.25, 0.3) is 0 Å². The molecule has 1 rings (SSSR count). The zero-order valence-corrected chi connectivity index (χ0v) is 6.91. The molecule has 1 heterocycles. The van der Waals surface area contributed by atoms with Crippen molar-refractivity contribution in [2.75, 3.05) is 20.1 Å². The van der Waals surface area contributed by atoms with Crippen molar-refractivity contribution < 1.29 is 5.21 Å². The predicted molar refractivity (Wildman–Crippen MR) is 40.0 cm³/mol. The summed E-state index contributed by atoms with van der Waals surface area (Å²) in [5, 5.41) is 10.8. The van der Waals surface area contributed by atoms with Crippen molar-refractivity contribution in [2.45, 2.75) is 25.9 Å². The summed E-state index contributed by atoms with van der Waals surface area (Å²) in [7, 11) is 2.08. The van der Waals surface area contributed by atoms with Crippen LogP contribution in [0.2, 0.25) is 0 Å². The van der Waals surface area contributed by atoms with E-state index in [1.165, 1.54) is 5.06 Å². The molecule has 1 aliphatic heterocycles. The topological polar surface area (TPSA) is 26.7 Å². The van der Waals surface area contributed by atoms with E-state index < -0.39 is 0 Å². The zero-order valence-electron chi connectivity index (χ0n) is 6.91. The summed E-state index contributed by atoms with van der Waals surface area (Å²) in [6.45, 7) is 5.99. The van der Waals surface area contributed by atoms with E-state index in [0.717, 1.165) is 13.1 Å². The van der Waals surface area contributed by atoms with Crippen molar-refractivity contribution in [3.8, 4) is 0 Å². The zero-order chi connectivity index (χ0) is 7.72. The molecule has 0 aromatic rings. The number of rotatable bonds is 0. The maximum absolute atomic E-state index is 9.37. The van der Waals surface area contributed by atoms with Gasteiger partial charge in [-0.1, -0.05) is 0 Å². The van der Waals surface area contributed by atoms with E-state index in [1.807, 2.05) is 13.8 Å². The van der Waals surface area contributed by atoms with E-state index in [9.17, 15) is 5.21 Å². The summed E-state index contributed by atoms with van der Waals surface area (Å²) >= 11 is 0. The predicted octanol–water partition coefficient (Wildman–Crippen LogP) is 0.400. The van der Waals surface area contributed by atoms with Gasteiger partial charge in [0, 0.05) is 25.2 Å². The Kier molecular flexibility index (Phi) is 2.28. The molecule has 0 amide bonds. The highest BCUT2D eigenvalue weighted by atomic mass is 16.5. The van der Waals surface area contributed by atoms with Gasteiger partial charge in [0.05, 0.1) is 0 Å². The number of piperazine rings is 1. The Bertz CT molecular complexity index is 106.